The van der Waals surface area contributed by atoms with Gasteiger partial charge in [0.1, 0.15) is 0 Å². The van der Waals surface area contributed by atoms with E-state index in [0.29, 0.717) is 11.8 Å². The van der Waals surface area contributed by atoms with Gasteiger partial charge in [-0.2, -0.15) is 0 Å². The molecule has 36 heavy (non-hydrogen) atoms. The number of allylic oxidation sites excluding steroid dienone is 2. The van der Waals surface area contributed by atoms with Crippen LogP contribution in [0.2, 0.25) is 0 Å². The minimum atomic E-state index is -0.303. The number of carbonyl (C=O) groups excluding carboxylic acids is 1. The van der Waals surface area contributed by atoms with E-state index >= 15 is 0 Å². The van der Waals surface area contributed by atoms with E-state index < -0.39 is 0 Å². The zero-order valence-corrected chi connectivity index (χ0v) is 22.5. The Kier molecular flexibility index (Phi) is 6.89. The van der Waals surface area contributed by atoms with Crippen LogP contribution in [0.15, 0.2) is 72.3 Å². The number of carbonyl (C=O) groups is 1. The van der Waals surface area contributed by atoms with Gasteiger partial charge in [0.25, 0.3) is 0 Å². The molecule has 3 fully saturated rings. The molecule has 0 spiro atoms. The highest BCUT2D eigenvalue weighted by molar-refractivity contribution is 5.83. The number of rotatable bonds is 5. The molecule has 5 rings (SSSR count). The molecule has 192 valence electrons. The standard InChI is InChI=1S/C33H44N2O/c1-4-32(30(36)35-20-18-29(34)31(2,3)24-35)21-27-22-33(23-32,28-13-9-6-10-14-28)19-17-26(27)16-15-25-11-7-5-8-12-25/h5-14,16,27,29H,4,15,17-24,34H2,1-3H3/b26-16+. The van der Waals surface area contributed by atoms with Crippen molar-refractivity contribution < 1.29 is 4.79 Å². The number of benzene rings is 2. The zero-order valence-electron chi connectivity index (χ0n) is 22.5. The summed E-state index contributed by atoms with van der Waals surface area (Å²) in [6.07, 6.45) is 10.7. The number of amides is 1. The summed E-state index contributed by atoms with van der Waals surface area (Å²) in [5.41, 5.74) is 10.6. The molecule has 1 saturated heterocycles. The van der Waals surface area contributed by atoms with Crippen molar-refractivity contribution in [3.05, 3.63) is 83.4 Å². The fourth-order valence-electron chi connectivity index (χ4n) is 7.60. The lowest BCUT2D eigenvalue weighted by atomic mass is 9.49. The van der Waals surface area contributed by atoms with Gasteiger partial charge in [-0.3, -0.25) is 4.79 Å². The number of likely N-dealkylation sites (tertiary alicyclic amines) is 1. The van der Waals surface area contributed by atoms with Crippen molar-refractivity contribution in [1.82, 2.24) is 4.90 Å². The van der Waals surface area contributed by atoms with Crippen LogP contribution in [0.1, 0.15) is 76.8 Å². The molecule has 1 amide bonds. The fourth-order valence-corrected chi connectivity index (χ4v) is 7.60. The van der Waals surface area contributed by atoms with Crippen LogP contribution >= 0.6 is 0 Å². The number of hydrogen-bond donors (Lipinski definition) is 1. The molecule has 1 heterocycles. The quantitative estimate of drug-likeness (QED) is 0.482. The molecule has 1 aliphatic heterocycles. The lowest BCUT2D eigenvalue weighted by molar-refractivity contribution is -0.151. The molecule has 2 bridgehead atoms. The molecule has 0 radical (unpaired) electrons. The summed E-state index contributed by atoms with van der Waals surface area (Å²) in [6, 6.07) is 22.0. The highest BCUT2D eigenvalue weighted by atomic mass is 16.2. The van der Waals surface area contributed by atoms with Crippen LogP contribution in [0, 0.1) is 16.7 Å². The molecular formula is C33H44N2O. The first-order valence-electron chi connectivity index (χ1n) is 14.1. The SMILES string of the molecule is CCC1(C(=O)N2CCC(N)C(C)(C)C2)CC2CC(c3ccccc3)(CC/C2=C\Cc2ccccc2)C1. The minimum Gasteiger partial charge on any atom is -0.342 e. The molecular weight excluding hydrogens is 440 g/mol. The summed E-state index contributed by atoms with van der Waals surface area (Å²) >= 11 is 0. The number of fused-ring (bicyclic) bond motifs is 2. The molecule has 3 nitrogen and oxygen atoms in total. The normalized spacial score (nSPS) is 32.9. The third-order valence-electron chi connectivity index (χ3n) is 9.93. The van der Waals surface area contributed by atoms with Crippen LogP contribution in [0.25, 0.3) is 0 Å². The number of hydrogen-bond acceptors (Lipinski definition) is 2. The van der Waals surface area contributed by atoms with Gasteiger partial charge in [0, 0.05) is 19.1 Å². The summed E-state index contributed by atoms with van der Waals surface area (Å²) in [5, 5.41) is 0. The van der Waals surface area contributed by atoms with Crippen molar-refractivity contribution in [1.29, 1.82) is 0 Å². The lowest BCUT2D eigenvalue weighted by Gasteiger charge is -2.56. The summed E-state index contributed by atoms with van der Waals surface area (Å²) in [6.45, 7) is 8.27. The number of nitrogens with two attached hydrogens (primary N) is 1. The second kappa shape index (κ2) is 9.82. The topological polar surface area (TPSA) is 46.3 Å². The maximum Gasteiger partial charge on any atom is 0.228 e. The van der Waals surface area contributed by atoms with Gasteiger partial charge in [-0.25, -0.2) is 0 Å². The Morgan fingerprint density at radius 3 is 2.42 bits per heavy atom. The molecule has 2 aliphatic carbocycles. The van der Waals surface area contributed by atoms with Crippen molar-refractivity contribution in [2.75, 3.05) is 13.1 Å². The Bertz CT molecular complexity index is 1090. The lowest BCUT2D eigenvalue weighted by Crippen LogP contribution is -2.59. The van der Waals surface area contributed by atoms with Crippen molar-refractivity contribution in [3.8, 4) is 0 Å². The van der Waals surface area contributed by atoms with Crippen LogP contribution in [0.4, 0.5) is 0 Å². The third-order valence-corrected chi connectivity index (χ3v) is 9.93. The summed E-state index contributed by atoms with van der Waals surface area (Å²) in [5.74, 6) is 0.861. The van der Waals surface area contributed by atoms with Crippen molar-refractivity contribution in [3.63, 3.8) is 0 Å². The van der Waals surface area contributed by atoms with Gasteiger partial charge in [0.05, 0.1) is 5.41 Å². The minimum absolute atomic E-state index is 0.0365. The smallest absolute Gasteiger partial charge is 0.228 e. The van der Waals surface area contributed by atoms with Gasteiger partial charge in [0.2, 0.25) is 5.91 Å². The van der Waals surface area contributed by atoms with E-state index in [1.54, 1.807) is 5.57 Å². The molecule has 2 aromatic rings. The Balaban J connectivity index is 1.49. The van der Waals surface area contributed by atoms with Crippen LogP contribution in [0.3, 0.4) is 0 Å². The second-order valence-corrected chi connectivity index (χ2v) is 12.6. The van der Waals surface area contributed by atoms with E-state index in [-0.39, 0.29) is 22.3 Å². The van der Waals surface area contributed by atoms with Crippen LogP contribution in [-0.2, 0) is 16.6 Å². The van der Waals surface area contributed by atoms with Gasteiger partial charge in [0.15, 0.2) is 0 Å². The van der Waals surface area contributed by atoms with Crippen LogP contribution in [0.5, 0.6) is 0 Å². The Hall–Kier alpha value is -2.39. The average molecular weight is 485 g/mol. The largest absolute Gasteiger partial charge is 0.342 e. The van der Waals surface area contributed by atoms with E-state index in [2.05, 4.69) is 92.4 Å². The van der Waals surface area contributed by atoms with Crippen molar-refractivity contribution >= 4 is 5.91 Å². The monoisotopic (exact) mass is 484 g/mol. The van der Waals surface area contributed by atoms with Crippen LogP contribution < -0.4 is 5.73 Å². The predicted molar refractivity (Wildman–Crippen MR) is 149 cm³/mol. The maximum absolute atomic E-state index is 14.5. The highest BCUT2D eigenvalue weighted by Crippen LogP contribution is 2.60. The van der Waals surface area contributed by atoms with E-state index in [4.69, 9.17) is 5.73 Å². The summed E-state index contributed by atoms with van der Waals surface area (Å²) in [4.78, 5) is 16.6. The van der Waals surface area contributed by atoms with Crippen LogP contribution in [-0.4, -0.2) is 29.9 Å². The first-order valence-corrected chi connectivity index (χ1v) is 14.1. The Labute approximate surface area is 218 Å². The molecule has 4 unspecified atom stereocenters. The summed E-state index contributed by atoms with van der Waals surface area (Å²) in [7, 11) is 0. The van der Waals surface area contributed by atoms with E-state index in [1.165, 1.54) is 17.5 Å². The van der Waals surface area contributed by atoms with Gasteiger partial charge >= 0.3 is 0 Å². The fraction of sp³-hybridized carbons (Fsp3) is 0.545. The zero-order chi connectivity index (χ0) is 25.4. The first kappa shape index (κ1) is 25.3. The van der Waals surface area contributed by atoms with Gasteiger partial charge in [-0.05, 0) is 79.2 Å². The molecule has 3 heteroatoms. The highest BCUT2D eigenvalue weighted by Gasteiger charge is 2.55. The molecule has 2 aromatic carbocycles. The van der Waals surface area contributed by atoms with Gasteiger partial charge in [-0.15, -0.1) is 0 Å². The number of nitrogens with zero attached hydrogens (tertiary/aromatic N) is 1. The number of piperidine rings is 1. The van der Waals surface area contributed by atoms with Gasteiger partial charge in [-0.1, -0.05) is 93.1 Å². The maximum atomic E-state index is 14.5. The Morgan fingerprint density at radius 2 is 1.75 bits per heavy atom. The summed E-state index contributed by atoms with van der Waals surface area (Å²) < 4.78 is 0. The first-order chi connectivity index (χ1) is 17.3. The van der Waals surface area contributed by atoms with Gasteiger partial charge < -0.3 is 10.6 Å². The third kappa shape index (κ3) is 4.67. The van der Waals surface area contributed by atoms with E-state index in [0.717, 1.165) is 58.0 Å². The second-order valence-electron chi connectivity index (χ2n) is 12.6. The van der Waals surface area contributed by atoms with E-state index in [1.807, 2.05) is 0 Å². The predicted octanol–water partition coefficient (Wildman–Crippen LogP) is 6.67. The molecule has 0 aromatic heterocycles. The average Bonchev–Trinajstić information content (AvgIpc) is 2.90. The molecule has 3 aliphatic rings. The Morgan fingerprint density at radius 1 is 1.06 bits per heavy atom. The molecule has 2 saturated carbocycles. The molecule has 2 N–H and O–H groups in total. The van der Waals surface area contributed by atoms with E-state index in [9.17, 15) is 4.79 Å². The van der Waals surface area contributed by atoms with Crippen molar-refractivity contribution in [2.24, 2.45) is 22.5 Å². The van der Waals surface area contributed by atoms with Crippen molar-refractivity contribution in [2.45, 2.75) is 83.6 Å². The molecule has 4 atom stereocenters.